The Morgan fingerprint density at radius 3 is 2.67 bits per heavy atom. The number of amides is 1. The van der Waals surface area contributed by atoms with Crippen molar-refractivity contribution < 1.29 is 9.53 Å². The molecule has 0 heterocycles. The summed E-state index contributed by atoms with van der Waals surface area (Å²) in [6.45, 7) is 6.01. The molecule has 0 aliphatic carbocycles. The number of methoxy groups -OCH3 is 1. The fourth-order valence-electron chi connectivity index (χ4n) is 1.04. The maximum absolute atomic E-state index is 11.7. The maximum Gasteiger partial charge on any atom is 0.240 e. The summed E-state index contributed by atoms with van der Waals surface area (Å²) in [4.78, 5) is 11.7. The molecule has 0 aliphatic heterocycles. The van der Waals surface area contributed by atoms with Gasteiger partial charge in [0.2, 0.25) is 5.91 Å². The number of rotatable bonds is 6. The van der Waals surface area contributed by atoms with Gasteiger partial charge in [0.25, 0.3) is 0 Å². The molecule has 0 aromatic carbocycles. The van der Waals surface area contributed by atoms with E-state index in [0.29, 0.717) is 13.0 Å². The van der Waals surface area contributed by atoms with E-state index in [9.17, 15) is 4.79 Å². The fourth-order valence-corrected chi connectivity index (χ4v) is 1.04. The van der Waals surface area contributed by atoms with Crippen LogP contribution >= 0.6 is 0 Å². The normalized spacial score (nSPS) is 16.2. The van der Waals surface area contributed by atoms with Crippen molar-refractivity contribution in [2.75, 3.05) is 13.7 Å². The van der Waals surface area contributed by atoms with Crippen molar-refractivity contribution >= 4 is 5.91 Å². The van der Waals surface area contributed by atoms with Crippen LogP contribution < -0.4 is 5.32 Å². The van der Waals surface area contributed by atoms with Crippen LogP contribution in [0, 0.1) is 16.7 Å². The number of carbonyl (C=O) groups excluding carboxylic acids is 1. The van der Waals surface area contributed by atoms with E-state index in [1.165, 1.54) is 0 Å². The topological polar surface area (TPSA) is 62.1 Å². The Balaban J connectivity index is 4.18. The summed E-state index contributed by atoms with van der Waals surface area (Å²) in [6, 6.07) is 2.08. The molecule has 15 heavy (non-hydrogen) atoms. The molecule has 86 valence electrons. The Labute approximate surface area is 91.6 Å². The van der Waals surface area contributed by atoms with Gasteiger partial charge in [0, 0.05) is 19.8 Å². The molecule has 2 unspecified atom stereocenters. The van der Waals surface area contributed by atoms with Crippen molar-refractivity contribution in [3.63, 3.8) is 0 Å². The summed E-state index contributed by atoms with van der Waals surface area (Å²) < 4.78 is 4.92. The number of hydrogen-bond donors (Lipinski definition) is 1. The molecule has 4 heteroatoms. The lowest BCUT2D eigenvalue weighted by molar-refractivity contribution is -0.128. The van der Waals surface area contributed by atoms with Crippen LogP contribution in [0.25, 0.3) is 0 Å². The summed E-state index contributed by atoms with van der Waals surface area (Å²) in [5.74, 6) is -0.198. The Hall–Kier alpha value is -1.08. The molecule has 1 N–H and O–H groups in total. The quantitative estimate of drug-likeness (QED) is 0.725. The zero-order valence-corrected chi connectivity index (χ0v) is 9.96. The summed E-state index contributed by atoms with van der Waals surface area (Å²) in [7, 11) is 1.62. The highest BCUT2D eigenvalue weighted by atomic mass is 16.5. The Bertz CT molecular complexity index is 247. The Morgan fingerprint density at radius 2 is 2.27 bits per heavy atom. The molecule has 0 saturated heterocycles. The average Bonchev–Trinajstić information content (AvgIpc) is 2.24. The SMILES string of the molecule is CCC(C)(C#N)C(=O)NC(C)CCOC. The molecule has 4 nitrogen and oxygen atoms in total. The van der Waals surface area contributed by atoms with Gasteiger partial charge >= 0.3 is 0 Å². The van der Waals surface area contributed by atoms with Gasteiger partial charge in [-0.25, -0.2) is 0 Å². The number of nitrogens with one attached hydrogen (secondary N) is 1. The van der Waals surface area contributed by atoms with E-state index in [1.807, 2.05) is 19.9 Å². The van der Waals surface area contributed by atoms with Gasteiger partial charge in [-0.2, -0.15) is 5.26 Å². The molecule has 0 radical (unpaired) electrons. The fraction of sp³-hybridized carbons (Fsp3) is 0.818. The first-order chi connectivity index (χ1) is 7.00. The number of hydrogen-bond acceptors (Lipinski definition) is 3. The van der Waals surface area contributed by atoms with Gasteiger partial charge in [0.15, 0.2) is 0 Å². The van der Waals surface area contributed by atoms with Gasteiger partial charge in [0.05, 0.1) is 6.07 Å². The van der Waals surface area contributed by atoms with E-state index in [4.69, 9.17) is 10.00 Å². The third kappa shape index (κ3) is 4.30. The maximum atomic E-state index is 11.7. The Morgan fingerprint density at radius 1 is 1.67 bits per heavy atom. The Kier molecular flexibility index (Phi) is 5.95. The number of carbonyl (C=O) groups is 1. The second-order valence-corrected chi connectivity index (χ2v) is 3.95. The molecule has 0 fully saturated rings. The van der Waals surface area contributed by atoms with Crippen molar-refractivity contribution in [2.24, 2.45) is 5.41 Å². The van der Waals surface area contributed by atoms with E-state index in [2.05, 4.69) is 5.32 Å². The van der Waals surface area contributed by atoms with Gasteiger partial charge < -0.3 is 10.1 Å². The van der Waals surface area contributed by atoms with Crippen LogP contribution in [0.1, 0.15) is 33.6 Å². The van der Waals surface area contributed by atoms with Gasteiger partial charge in [-0.3, -0.25) is 4.79 Å². The van der Waals surface area contributed by atoms with Gasteiger partial charge in [-0.05, 0) is 26.7 Å². The van der Waals surface area contributed by atoms with Crippen LogP contribution in [0.4, 0.5) is 0 Å². The van der Waals surface area contributed by atoms with Crippen LogP contribution in [0.5, 0.6) is 0 Å². The molecule has 2 atom stereocenters. The van der Waals surface area contributed by atoms with Gasteiger partial charge in [-0.1, -0.05) is 6.92 Å². The lowest BCUT2D eigenvalue weighted by Crippen LogP contribution is -2.42. The molecular formula is C11H20N2O2. The predicted molar refractivity (Wildman–Crippen MR) is 58.1 cm³/mol. The van der Waals surface area contributed by atoms with Crippen molar-refractivity contribution in [1.82, 2.24) is 5.32 Å². The zero-order valence-electron chi connectivity index (χ0n) is 9.96. The monoisotopic (exact) mass is 212 g/mol. The molecule has 0 aromatic heterocycles. The number of nitriles is 1. The lowest BCUT2D eigenvalue weighted by Gasteiger charge is -2.22. The first-order valence-electron chi connectivity index (χ1n) is 5.21. The van der Waals surface area contributed by atoms with Gasteiger partial charge in [-0.15, -0.1) is 0 Å². The lowest BCUT2D eigenvalue weighted by atomic mass is 9.88. The molecule has 0 rings (SSSR count). The van der Waals surface area contributed by atoms with Crippen LogP contribution in [0.15, 0.2) is 0 Å². The molecular weight excluding hydrogens is 192 g/mol. The minimum atomic E-state index is -0.915. The standard InChI is InChI=1S/C11H20N2O2/c1-5-11(3,8-12)10(14)13-9(2)6-7-15-4/h9H,5-7H2,1-4H3,(H,13,14). The molecule has 1 amide bonds. The van der Waals surface area contributed by atoms with E-state index in [-0.39, 0.29) is 11.9 Å². The van der Waals surface area contributed by atoms with E-state index >= 15 is 0 Å². The van der Waals surface area contributed by atoms with Gasteiger partial charge in [0.1, 0.15) is 5.41 Å². The first kappa shape index (κ1) is 13.9. The summed E-state index contributed by atoms with van der Waals surface area (Å²) in [6.07, 6.45) is 1.28. The predicted octanol–water partition coefficient (Wildman–Crippen LogP) is 1.47. The van der Waals surface area contributed by atoms with Crippen molar-refractivity contribution in [3.05, 3.63) is 0 Å². The van der Waals surface area contributed by atoms with Crippen molar-refractivity contribution in [1.29, 1.82) is 5.26 Å². The second kappa shape index (κ2) is 6.41. The number of nitrogens with zero attached hydrogens (tertiary/aromatic N) is 1. The van der Waals surface area contributed by atoms with Crippen LogP contribution in [-0.2, 0) is 9.53 Å². The average molecular weight is 212 g/mol. The van der Waals surface area contributed by atoms with Crippen LogP contribution in [0.2, 0.25) is 0 Å². The smallest absolute Gasteiger partial charge is 0.240 e. The minimum Gasteiger partial charge on any atom is -0.385 e. The highest BCUT2D eigenvalue weighted by Gasteiger charge is 2.31. The first-order valence-corrected chi connectivity index (χ1v) is 5.21. The molecule has 0 aliphatic rings. The minimum absolute atomic E-state index is 0.0386. The highest BCUT2D eigenvalue weighted by Crippen LogP contribution is 2.19. The van der Waals surface area contributed by atoms with E-state index in [0.717, 1.165) is 6.42 Å². The van der Waals surface area contributed by atoms with Crippen LogP contribution in [-0.4, -0.2) is 25.7 Å². The highest BCUT2D eigenvalue weighted by molar-refractivity contribution is 5.85. The zero-order chi connectivity index (χ0) is 11.9. The summed E-state index contributed by atoms with van der Waals surface area (Å²) in [5, 5.41) is 11.7. The third-order valence-electron chi connectivity index (χ3n) is 2.59. The summed E-state index contributed by atoms with van der Waals surface area (Å²) >= 11 is 0. The largest absolute Gasteiger partial charge is 0.385 e. The third-order valence-corrected chi connectivity index (χ3v) is 2.59. The van der Waals surface area contributed by atoms with Crippen molar-refractivity contribution in [3.8, 4) is 6.07 Å². The second-order valence-electron chi connectivity index (χ2n) is 3.95. The van der Waals surface area contributed by atoms with E-state index < -0.39 is 5.41 Å². The van der Waals surface area contributed by atoms with Crippen molar-refractivity contribution in [2.45, 2.75) is 39.7 Å². The molecule has 0 spiro atoms. The van der Waals surface area contributed by atoms with E-state index in [1.54, 1.807) is 14.0 Å². The molecule has 0 aromatic rings. The summed E-state index contributed by atoms with van der Waals surface area (Å²) in [5.41, 5.74) is -0.915. The molecule has 0 bridgehead atoms. The van der Waals surface area contributed by atoms with Crippen LogP contribution in [0.3, 0.4) is 0 Å². The number of ether oxygens (including phenoxy) is 1. The molecule has 0 saturated carbocycles.